The van der Waals surface area contributed by atoms with Crippen molar-refractivity contribution < 1.29 is 14.1 Å². The average molecular weight is 400 g/mol. The summed E-state index contributed by atoms with van der Waals surface area (Å²) >= 11 is 0. The normalized spacial score (nSPS) is 16.5. The summed E-state index contributed by atoms with van der Waals surface area (Å²) in [5.41, 5.74) is 0.306. The molecule has 1 saturated carbocycles. The Morgan fingerprint density at radius 2 is 2.07 bits per heavy atom. The van der Waals surface area contributed by atoms with Gasteiger partial charge in [-0.15, -0.1) is 0 Å². The number of carbonyl (C=O) groups excluding carboxylic acids is 1. The average Bonchev–Trinajstić information content (AvgIpc) is 3.17. The Bertz CT molecular complexity index is 761. The largest absolute Gasteiger partial charge is 0.460 e. The van der Waals surface area contributed by atoms with E-state index in [2.05, 4.69) is 15.1 Å². The molecule has 0 aromatic carbocycles. The topological polar surface area (TPSA) is 78.1 Å². The molecule has 1 aliphatic carbocycles. The second kappa shape index (κ2) is 9.99. The third-order valence-electron chi connectivity index (χ3n) is 5.43. The van der Waals surface area contributed by atoms with Gasteiger partial charge in [0.05, 0.1) is 6.42 Å². The molecule has 6 heteroatoms. The van der Waals surface area contributed by atoms with E-state index >= 15 is 0 Å². The second-order valence-electron chi connectivity index (χ2n) is 9.12. The molecule has 0 spiro atoms. The summed E-state index contributed by atoms with van der Waals surface area (Å²) in [5, 5.41) is 4.11. The highest BCUT2D eigenvalue weighted by Crippen LogP contribution is 2.32. The van der Waals surface area contributed by atoms with Gasteiger partial charge in [-0.05, 0) is 45.2 Å². The van der Waals surface area contributed by atoms with Gasteiger partial charge in [0.2, 0.25) is 11.7 Å². The molecule has 0 amide bonds. The van der Waals surface area contributed by atoms with Gasteiger partial charge in [0.1, 0.15) is 5.60 Å². The molecule has 6 nitrogen and oxygen atoms in total. The molecule has 0 saturated heterocycles. The monoisotopic (exact) mass is 399 g/mol. The third-order valence-corrected chi connectivity index (χ3v) is 5.43. The Morgan fingerprint density at radius 3 is 2.76 bits per heavy atom. The van der Waals surface area contributed by atoms with Crippen LogP contribution in [0.1, 0.15) is 90.4 Å². The zero-order valence-electron chi connectivity index (χ0n) is 17.9. The molecule has 1 fully saturated rings. The van der Waals surface area contributed by atoms with E-state index in [4.69, 9.17) is 9.26 Å². The molecule has 1 aliphatic rings. The van der Waals surface area contributed by atoms with Crippen molar-refractivity contribution in [2.45, 2.75) is 90.1 Å². The summed E-state index contributed by atoms with van der Waals surface area (Å²) in [4.78, 5) is 21.1. The number of nitrogens with zero attached hydrogens (tertiary/aromatic N) is 3. The molecule has 0 radical (unpaired) electrons. The molecular weight excluding hydrogens is 366 g/mol. The minimum Gasteiger partial charge on any atom is -0.460 e. The van der Waals surface area contributed by atoms with Crippen LogP contribution in [-0.2, 0) is 9.53 Å². The van der Waals surface area contributed by atoms with Crippen LogP contribution in [0.15, 0.2) is 29.0 Å². The molecule has 0 N–H and O–H groups in total. The molecule has 3 rings (SSSR count). The van der Waals surface area contributed by atoms with Crippen LogP contribution in [-0.4, -0.2) is 26.7 Å². The van der Waals surface area contributed by atoms with Crippen LogP contribution in [0.3, 0.4) is 0 Å². The summed E-state index contributed by atoms with van der Waals surface area (Å²) in [6.45, 7) is 5.66. The van der Waals surface area contributed by atoms with Gasteiger partial charge in [0, 0.05) is 23.9 Å². The first-order valence-electron chi connectivity index (χ1n) is 10.9. The van der Waals surface area contributed by atoms with Gasteiger partial charge in [-0.25, -0.2) is 0 Å². The van der Waals surface area contributed by atoms with Crippen molar-refractivity contribution in [1.82, 2.24) is 15.1 Å². The van der Waals surface area contributed by atoms with Crippen molar-refractivity contribution in [3.63, 3.8) is 0 Å². The first kappa shape index (κ1) is 21.5. The van der Waals surface area contributed by atoms with Gasteiger partial charge >= 0.3 is 5.97 Å². The van der Waals surface area contributed by atoms with Crippen molar-refractivity contribution in [3.8, 4) is 11.4 Å². The van der Waals surface area contributed by atoms with Crippen molar-refractivity contribution in [3.05, 3.63) is 30.4 Å². The minimum atomic E-state index is -0.501. The SMILES string of the molecule is CC(C)(C)OC(=O)C[C@H](CCCC1CCCCC1)c1nc(-c2cccnc2)no1. The van der Waals surface area contributed by atoms with Gasteiger partial charge in [0.15, 0.2) is 0 Å². The zero-order chi connectivity index (χ0) is 20.7. The fraction of sp³-hybridized carbons (Fsp3) is 0.652. The minimum absolute atomic E-state index is 0.119. The molecule has 158 valence electrons. The van der Waals surface area contributed by atoms with E-state index in [0.717, 1.165) is 24.3 Å². The summed E-state index contributed by atoms with van der Waals surface area (Å²) in [7, 11) is 0. The van der Waals surface area contributed by atoms with Crippen LogP contribution in [0.25, 0.3) is 11.4 Å². The Labute approximate surface area is 173 Å². The highest BCUT2D eigenvalue weighted by atomic mass is 16.6. The lowest BCUT2D eigenvalue weighted by molar-refractivity contribution is -0.155. The number of aromatic nitrogens is 3. The molecule has 0 bridgehead atoms. The van der Waals surface area contributed by atoms with Gasteiger partial charge in [-0.1, -0.05) is 50.1 Å². The van der Waals surface area contributed by atoms with Crippen LogP contribution in [0.2, 0.25) is 0 Å². The van der Waals surface area contributed by atoms with Gasteiger partial charge in [-0.2, -0.15) is 4.98 Å². The van der Waals surface area contributed by atoms with E-state index in [0.29, 0.717) is 11.7 Å². The van der Waals surface area contributed by atoms with Crippen LogP contribution in [0, 0.1) is 5.92 Å². The highest BCUT2D eigenvalue weighted by Gasteiger charge is 2.26. The molecule has 2 heterocycles. The van der Waals surface area contributed by atoms with Crippen molar-refractivity contribution in [1.29, 1.82) is 0 Å². The molecule has 0 aliphatic heterocycles. The molecule has 2 aromatic heterocycles. The molecule has 0 unspecified atom stereocenters. The number of pyridine rings is 1. The van der Waals surface area contributed by atoms with Crippen molar-refractivity contribution in [2.75, 3.05) is 0 Å². The lowest BCUT2D eigenvalue weighted by Gasteiger charge is -2.23. The Hall–Kier alpha value is -2.24. The lowest BCUT2D eigenvalue weighted by atomic mass is 9.84. The van der Waals surface area contributed by atoms with E-state index in [9.17, 15) is 4.79 Å². The Kier molecular flexibility index (Phi) is 7.40. The van der Waals surface area contributed by atoms with Crippen LogP contribution < -0.4 is 0 Å². The molecule has 1 atom stereocenters. The number of ether oxygens (including phenoxy) is 1. The molecular formula is C23H33N3O3. The van der Waals surface area contributed by atoms with Gasteiger partial charge < -0.3 is 9.26 Å². The quantitative estimate of drug-likeness (QED) is 0.530. The summed E-state index contributed by atoms with van der Waals surface area (Å²) in [5.74, 6) is 1.50. The molecule has 29 heavy (non-hydrogen) atoms. The number of hydrogen-bond donors (Lipinski definition) is 0. The first-order valence-corrected chi connectivity index (χ1v) is 10.9. The second-order valence-corrected chi connectivity index (χ2v) is 9.12. The van der Waals surface area contributed by atoms with E-state index < -0.39 is 5.60 Å². The Morgan fingerprint density at radius 1 is 1.28 bits per heavy atom. The highest BCUT2D eigenvalue weighted by molar-refractivity contribution is 5.70. The predicted octanol–water partition coefficient (Wildman–Crippen LogP) is 5.70. The first-order chi connectivity index (χ1) is 13.9. The third kappa shape index (κ3) is 6.94. The lowest BCUT2D eigenvalue weighted by Crippen LogP contribution is -2.25. The zero-order valence-corrected chi connectivity index (χ0v) is 17.9. The smallest absolute Gasteiger partial charge is 0.307 e. The maximum atomic E-state index is 12.5. The number of hydrogen-bond acceptors (Lipinski definition) is 6. The maximum Gasteiger partial charge on any atom is 0.307 e. The number of esters is 1. The van der Waals surface area contributed by atoms with Crippen LogP contribution >= 0.6 is 0 Å². The van der Waals surface area contributed by atoms with E-state index in [1.165, 1.54) is 38.5 Å². The maximum absolute atomic E-state index is 12.5. The fourth-order valence-electron chi connectivity index (χ4n) is 4.04. The molecule has 2 aromatic rings. The number of carbonyl (C=O) groups is 1. The van der Waals surface area contributed by atoms with Crippen molar-refractivity contribution in [2.24, 2.45) is 5.92 Å². The predicted molar refractivity (Wildman–Crippen MR) is 111 cm³/mol. The van der Waals surface area contributed by atoms with Crippen molar-refractivity contribution >= 4 is 5.97 Å². The number of rotatable bonds is 8. The van der Waals surface area contributed by atoms with Crippen LogP contribution in [0.5, 0.6) is 0 Å². The summed E-state index contributed by atoms with van der Waals surface area (Å²) in [6, 6.07) is 3.74. The van der Waals surface area contributed by atoms with E-state index in [1.54, 1.807) is 12.4 Å². The fourth-order valence-corrected chi connectivity index (χ4v) is 4.04. The summed E-state index contributed by atoms with van der Waals surface area (Å²) in [6.07, 6.45) is 13.5. The van der Waals surface area contributed by atoms with Gasteiger partial charge in [0.25, 0.3) is 0 Å². The van der Waals surface area contributed by atoms with Gasteiger partial charge in [-0.3, -0.25) is 9.78 Å². The van der Waals surface area contributed by atoms with E-state index in [1.807, 2.05) is 32.9 Å². The Balaban J connectivity index is 1.66. The van der Waals surface area contributed by atoms with E-state index in [-0.39, 0.29) is 18.3 Å². The van der Waals surface area contributed by atoms with Crippen LogP contribution in [0.4, 0.5) is 0 Å². The summed E-state index contributed by atoms with van der Waals surface area (Å²) < 4.78 is 11.1. The standard InChI is InChI=1S/C23H33N3O3/c1-23(2,3)28-20(27)15-18(12-7-11-17-9-5-4-6-10-17)22-25-21(26-29-22)19-13-8-14-24-16-19/h8,13-14,16-18H,4-7,9-12,15H2,1-3H3/t18-/m0/s1.